The fraction of sp³-hybridized carbons (Fsp3) is 0.722. The van der Waals surface area contributed by atoms with Crippen molar-refractivity contribution in [2.24, 2.45) is 0 Å². The van der Waals surface area contributed by atoms with Gasteiger partial charge in [0.2, 0.25) is 5.91 Å². The third-order valence-corrected chi connectivity index (χ3v) is 3.52. The molecule has 0 aromatic rings. The van der Waals surface area contributed by atoms with Crippen LogP contribution in [0.3, 0.4) is 0 Å². The Kier molecular flexibility index (Phi) is 9.37. The molecule has 0 fully saturated rings. The molecule has 1 heterocycles. The number of carbonyl (C=O) groups excluding carboxylic acids is 3. The summed E-state index contributed by atoms with van der Waals surface area (Å²) in [5, 5.41) is 2.80. The third kappa shape index (κ3) is 9.99. The molecule has 1 rings (SSSR count). The average molecular weight is 354 g/mol. The van der Waals surface area contributed by atoms with E-state index in [4.69, 9.17) is 9.47 Å². The molecule has 142 valence electrons. The Morgan fingerprint density at radius 1 is 1.04 bits per heavy atom. The summed E-state index contributed by atoms with van der Waals surface area (Å²) in [6.45, 7) is 8.38. The van der Waals surface area contributed by atoms with Gasteiger partial charge in [-0.25, -0.2) is 0 Å². The molecule has 1 aliphatic heterocycles. The van der Waals surface area contributed by atoms with Crippen molar-refractivity contribution < 1.29 is 23.9 Å². The molecule has 0 spiro atoms. The SMILES string of the molecule is CC(C)(C)OCCOCCNC(=O)CCCCCN1C(=O)C=CC1=O. The number of imide groups is 1. The second kappa shape index (κ2) is 11.0. The van der Waals surface area contributed by atoms with Gasteiger partial charge in [0.15, 0.2) is 0 Å². The Morgan fingerprint density at radius 3 is 2.36 bits per heavy atom. The van der Waals surface area contributed by atoms with Gasteiger partial charge in [-0.2, -0.15) is 0 Å². The summed E-state index contributed by atoms with van der Waals surface area (Å²) >= 11 is 0. The smallest absolute Gasteiger partial charge is 0.253 e. The molecule has 0 unspecified atom stereocenters. The molecule has 7 heteroatoms. The lowest BCUT2D eigenvalue weighted by Crippen LogP contribution is -2.31. The van der Waals surface area contributed by atoms with E-state index in [0.717, 1.165) is 12.8 Å². The molecular formula is C18H30N2O5. The standard InChI is InChI=1S/C18H30N2O5/c1-18(2,3)25-14-13-24-12-10-19-15(21)7-5-4-6-11-20-16(22)8-9-17(20)23/h8-9H,4-7,10-14H2,1-3H3,(H,19,21). The van der Waals surface area contributed by atoms with Crippen molar-refractivity contribution in [3.8, 4) is 0 Å². The first-order chi connectivity index (χ1) is 11.8. The van der Waals surface area contributed by atoms with Crippen LogP contribution in [0.25, 0.3) is 0 Å². The molecule has 0 bridgehead atoms. The Balaban J connectivity index is 1.91. The first-order valence-electron chi connectivity index (χ1n) is 8.81. The zero-order valence-corrected chi connectivity index (χ0v) is 15.5. The highest BCUT2D eigenvalue weighted by Gasteiger charge is 2.22. The Hall–Kier alpha value is -1.73. The Morgan fingerprint density at radius 2 is 1.72 bits per heavy atom. The number of amides is 3. The van der Waals surface area contributed by atoms with E-state index in [1.54, 1.807) is 0 Å². The topological polar surface area (TPSA) is 84.9 Å². The van der Waals surface area contributed by atoms with E-state index in [-0.39, 0.29) is 23.3 Å². The van der Waals surface area contributed by atoms with Crippen LogP contribution in [0.15, 0.2) is 12.2 Å². The van der Waals surface area contributed by atoms with Crippen LogP contribution in [0.2, 0.25) is 0 Å². The molecule has 0 radical (unpaired) electrons. The maximum atomic E-state index is 11.7. The van der Waals surface area contributed by atoms with Crippen LogP contribution < -0.4 is 5.32 Å². The number of hydrogen-bond acceptors (Lipinski definition) is 5. The van der Waals surface area contributed by atoms with Crippen LogP contribution in [0.4, 0.5) is 0 Å². The molecule has 0 aromatic heterocycles. The number of ether oxygens (including phenoxy) is 2. The summed E-state index contributed by atoms with van der Waals surface area (Å²) in [5.74, 6) is -0.518. The predicted molar refractivity (Wildman–Crippen MR) is 93.9 cm³/mol. The third-order valence-electron chi connectivity index (χ3n) is 3.52. The fourth-order valence-electron chi connectivity index (χ4n) is 2.24. The van der Waals surface area contributed by atoms with Gasteiger partial charge in [-0.05, 0) is 33.6 Å². The van der Waals surface area contributed by atoms with Crippen LogP contribution in [0.5, 0.6) is 0 Å². The highest BCUT2D eigenvalue weighted by atomic mass is 16.5. The lowest BCUT2D eigenvalue weighted by molar-refractivity contribution is -0.137. The van der Waals surface area contributed by atoms with Gasteiger partial charge in [0.25, 0.3) is 11.8 Å². The van der Waals surface area contributed by atoms with Crippen molar-refractivity contribution in [3.05, 3.63) is 12.2 Å². The van der Waals surface area contributed by atoms with Crippen LogP contribution in [0, 0.1) is 0 Å². The zero-order chi connectivity index (χ0) is 18.7. The number of unbranched alkanes of at least 4 members (excludes halogenated alkanes) is 2. The number of carbonyl (C=O) groups is 3. The molecule has 0 aliphatic carbocycles. The van der Waals surface area contributed by atoms with Gasteiger partial charge in [-0.1, -0.05) is 6.42 Å². The van der Waals surface area contributed by atoms with E-state index >= 15 is 0 Å². The van der Waals surface area contributed by atoms with Crippen molar-refractivity contribution in [1.82, 2.24) is 10.2 Å². The molecule has 25 heavy (non-hydrogen) atoms. The molecule has 0 atom stereocenters. The Bertz CT molecular complexity index is 464. The van der Waals surface area contributed by atoms with Gasteiger partial charge in [0, 0.05) is 31.7 Å². The minimum absolute atomic E-state index is 0.00969. The summed E-state index contributed by atoms with van der Waals surface area (Å²) in [4.78, 5) is 35.6. The van der Waals surface area contributed by atoms with E-state index in [1.807, 2.05) is 20.8 Å². The van der Waals surface area contributed by atoms with Crippen LogP contribution in [-0.2, 0) is 23.9 Å². The predicted octanol–water partition coefficient (Wildman–Crippen LogP) is 1.42. The molecule has 1 N–H and O–H groups in total. The van der Waals surface area contributed by atoms with Gasteiger partial charge in [0.1, 0.15) is 0 Å². The van der Waals surface area contributed by atoms with Gasteiger partial charge >= 0.3 is 0 Å². The molecule has 0 aromatic carbocycles. The number of nitrogens with one attached hydrogen (secondary N) is 1. The van der Waals surface area contributed by atoms with Crippen LogP contribution >= 0.6 is 0 Å². The van der Waals surface area contributed by atoms with Crippen molar-refractivity contribution in [2.45, 2.75) is 52.1 Å². The summed E-state index contributed by atoms with van der Waals surface area (Å²) < 4.78 is 10.9. The van der Waals surface area contributed by atoms with E-state index in [1.165, 1.54) is 17.1 Å². The van der Waals surface area contributed by atoms with Gasteiger partial charge in [-0.3, -0.25) is 19.3 Å². The second-order valence-electron chi connectivity index (χ2n) is 6.90. The minimum atomic E-state index is -0.254. The molecular weight excluding hydrogens is 324 g/mol. The van der Waals surface area contributed by atoms with Crippen molar-refractivity contribution in [2.75, 3.05) is 32.9 Å². The van der Waals surface area contributed by atoms with Gasteiger partial charge < -0.3 is 14.8 Å². The van der Waals surface area contributed by atoms with Crippen molar-refractivity contribution >= 4 is 17.7 Å². The zero-order valence-electron chi connectivity index (χ0n) is 15.5. The second-order valence-corrected chi connectivity index (χ2v) is 6.90. The normalized spacial score (nSPS) is 14.4. The Labute approximate surface area is 149 Å². The lowest BCUT2D eigenvalue weighted by Gasteiger charge is -2.19. The quantitative estimate of drug-likeness (QED) is 0.423. The average Bonchev–Trinajstić information content (AvgIpc) is 2.84. The summed E-state index contributed by atoms with van der Waals surface area (Å²) in [5.41, 5.74) is -0.163. The maximum absolute atomic E-state index is 11.7. The molecule has 1 aliphatic rings. The number of nitrogens with zero attached hydrogens (tertiary/aromatic N) is 1. The summed E-state index contributed by atoms with van der Waals surface area (Å²) in [7, 11) is 0. The molecule has 3 amide bonds. The molecule has 0 saturated heterocycles. The maximum Gasteiger partial charge on any atom is 0.253 e. The van der Waals surface area contributed by atoms with E-state index in [9.17, 15) is 14.4 Å². The van der Waals surface area contributed by atoms with Crippen LogP contribution in [-0.4, -0.2) is 61.1 Å². The molecule has 7 nitrogen and oxygen atoms in total. The molecule has 0 saturated carbocycles. The van der Waals surface area contributed by atoms with E-state index in [2.05, 4.69) is 5.32 Å². The van der Waals surface area contributed by atoms with E-state index in [0.29, 0.717) is 45.8 Å². The minimum Gasteiger partial charge on any atom is -0.377 e. The first-order valence-corrected chi connectivity index (χ1v) is 8.81. The fourth-order valence-corrected chi connectivity index (χ4v) is 2.24. The van der Waals surface area contributed by atoms with Crippen molar-refractivity contribution in [3.63, 3.8) is 0 Å². The highest BCUT2D eigenvalue weighted by Crippen LogP contribution is 2.07. The number of rotatable bonds is 12. The van der Waals surface area contributed by atoms with Crippen LogP contribution in [0.1, 0.15) is 46.5 Å². The summed E-state index contributed by atoms with van der Waals surface area (Å²) in [6, 6.07) is 0. The highest BCUT2D eigenvalue weighted by molar-refractivity contribution is 6.12. The van der Waals surface area contributed by atoms with Gasteiger partial charge in [-0.15, -0.1) is 0 Å². The van der Waals surface area contributed by atoms with E-state index < -0.39 is 0 Å². The monoisotopic (exact) mass is 354 g/mol. The summed E-state index contributed by atoms with van der Waals surface area (Å²) in [6.07, 6.45) is 5.25. The first kappa shape index (κ1) is 21.3. The van der Waals surface area contributed by atoms with Gasteiger partial charge in [0.05, 0.1) is 25.4 Å². The number of hydrogen-bond donors (Lipinski definition) is 1. The van der Waals surface area contributed by atoms with Crippen molar-refractivity contribution in [1.29, 1.82) is 0 Å². The lowest BCUT2D eigenvalue weighted by atomic mass is 10.2. The largest absolute Gasteiger partial charge is 0.377 e.